The number of hydrogen-bond acceptors (Lipinski definition) is 5. The fourth-order valence-electron chi connectivity index (χ4n) is 3.74. The van der Waals surface area contributed by atoms with Crippen molar-refractivity contribution in [3.8, 4) is 0 Å². The zero-order chi connectivity index (χ0) is 22.5. The highest BCUT2D eigenvalue weighted by Crippen LogP contribution is 2.24. The Hall–Kier alpha value is -3.19. The highest BCUT2D eigenvalue weighted by atomic mass is 32.1. The predicted octanol–water partition coefficient (Wildman–Crippen LogP) is 4.67. The highest BCUT2D eigenvalue weighted by molar-refractivity contribution is 7.14. The molecule has 0 radical (unpaired) electrons. The molecule has 0 atom stereocenters. The first-order chi connectivity index (χ1) is 15.5. The van der Waals surface area contributed by atoms with E-state index in [9.17, 15) is 9.59 Å². The first-order valence-corrected chi connectivity index (χ1v) is 11.8. The molecule has 3 aromatic rings. The van der Waals surface area contributed by atoms with E-state index < -0.39 is 0 Å². The Labute approximate surface area is 192 Å². The minimum Gasteiger partial charge on any atom is -0.352 e. The minimum absolute atomic E-state index is 0.0568. The number of rotatable bonds is 6. The van der Waals surface area contributed by atoms with Crippen LogP contribution in [0.25, 0.3) is 0 Å². The topological polar surface area (TPSA) is 74.3 Å². The van der Waals surface area contributed by atoms with Crippen LogP contribution in [0, 0.1) is 19.8 Å². The summed E-state index contributed by atoms with van der Waals surface area (Å²) in [4.78, 5) is 31.7. The Balaban J connectivity index is 1.26. The number of benzene rings is 2. The van der Waals surface area contributed by atoms with Gasteiger partial charge in [-0.25, -0.2) is 4.98 Å². The second-order valence-electron chi connectivity index (χ2n) is 8.30. The van der Waals surface area contributed by atoms with Crippen molar-refractivity contribution in [2.75, 3.05) is 18.4 Å². The van der Waals surface area contributed by atoms with Gasteiger partial charge in [-0.3, -0.25) is 9.59 Å². The van der Waals surface area contributed by atoms with Gasteiger partial charge in [-0.1, -0.05) is 47.5 Å². The van der Waals surface area contributed by atoms with Crippen LogP contribution < -0.4 is 10.6 Å². The van der Waals surface area contributed by atoms with Gasteiger partial charge in [0.2, 0.25) is 5.91 Å². The molecule has 1 aliphatic rings. The van der Waals surface area contributed by atoms with E-state index >= 15 is 0 Å². The molecule has 2 amide bonds. The number of piperidine rings is 1. The van der Waals surface area contributed by atoms with Gasteiger partial charge in [0.25, 0.3) is 5.91 Å². The average Bonchev–Trinajstić information content (AvgIpc) is 3.28. The van der Waals surface area contributed by atoms with Gasteiger partial charge in [-0.05, 0) is 44.4 Å². The van der Waals surface area contributed by atoms with Gasteiger partial charge in [0.1, 0.15) is 5.69 Å². The maximum absolute atomic E-state index is 12.9. The first-order valence-electron chi connectivity index (χ1n) is 10.9. The number of likely N-dealkylation sites (tertiary alicyclic amines) is 1. The molecule has 7 heteroatoms. The van der Waals surface area contributed by atoms with Crippen LogP contribution in [0.15, 0.2) is 53.9 Å². The van der Waals surface area contributed by atoms with E-state index in [1.807, 2.05) is 62.4 Å². The molecule has 0 bridgehead atoms. The van der Waals surface area contributed by atoms with Gasteiger partial charge < -0.3 is 15.5 Å². The number of anilines is 2. The van der Waals surface area contributed by atoms with Crippen LogP contribution >= 0.6 is 11.3 Å². The third-order valence-electron chi connectivity index (χ3n) is 5.77. The normalized spacial score (nSPS) is 14.2. The number of amides is 2. The van der Waals surface area contributed by atoms with Crippen LogP contribution in [-0.2, 0) is 11.3 Å². The van der Waals surface area contributed by atoms with E-state index in [0.29, 0.717) is 43.3 Å². The number of carbonyl (C=O) groups excluding carboxylic acids is 2. The van der Waals surface area contributed by atoms with Crippen molar-refractivity contribution in [3.63, 3.8) is 0 Å². The summed E-state index contributed by atoms with van der Waals surface area (Å²) < 4.78 is 0. The van der Waals surface area contributed by atoms with Crippen molar-refractivity contribution in [1.82, 2.24) is 15.2 Å². The third kappa shape index (κ3) is 5.53. The molecule has 32 heavy (non-hydrogen) atoms. The lowest BCUT2D eigenvalue weighted by atomic mass is 9.95. The Morgan fingerprint density at radius 1 is 1.00 bits per heavy atom. The van der Waals surface area contributed by atoms with E-state index in [2.05, 4.69) is 15.6 Å². The fraction of sp³-hybridized carbons (Fsp3) is 0.320. The average molecular weight is 449 g/mol. The number of nitrogens with zero attached hydrogens (tertiary/aromatic N) is 2. The second kappa shape index (κ2) is 9.96. The first kappa shape index (κ1) is 22.0. The van der Waals surface area contributed by atoms with Crippen molar-refractivity contribution in [2.45, 2.75) is 33.2 Å². The van der Waals surface area contributed by atoms with Crippen LogP contribution in [0.1, 0.15) is 40.0 Å². The van der Waals surface area contributed by atoms with Crippen molar-refractivity contribution in [1.29, 1.82) is 0 Å². The molecule has 2 heterocycles. The number of hydrogen-bond donors (Lipinski definition) is 2. The highest BCUT2D eigenvalue weighted by Gasteiger charge is 2.28. The molecule has 4 rings (SSSR count). The van der Waals surface area contributed by atoms with Gasteiger partial charge in [-0.2, -0.15) is 0 Å². The number of carbonyl (C=O) groups is 2. The lowest BCUT2D eigenvalue weighted by Crippen LogP contribution is -2.43. The Kier molecular flexibility index (Phi) is 6.85. The SMILES string of the molecule is Cc1ccc(CNC(=O)C2CCN(C(=O)c3csc(Nc4ccc(C)cc4)n3)CC2)cc1. The molecule has 2 N–H and O–H groups in total. The maximum Gasteiger partial charge on any atom is 0.273 e. The van der Waals surface area contributed by atoms with Crippen LogP contribution in [0.2, 0.25) is 0 Å². The molecule has 166 valence electrons. The van der Waals surface area contributed by atoms with Gasteiger partial charge in [0.05, 0.1) is 0 Å². The molecule has 6 nitrogen and oxygen atoms in total. The standard InChI is InChI=1S/C25H28N4O2S/c1-17-3-7-19(8-4-17)15-26-23(30)20-11-13-29(14-12-20)24(31)22-16-32-25(28-22)27-21-9-5-18(2)6-10-21/h3-10,16,20H,11-15H2,1-2H3,(H,26,30)(H,27,28). The second-order valence-corrected chi connectivity index (χ2v) is 9.16. The summed E-state index contributed by atoms with van der Waals surface area (Å²) in [6.07, 6.45) is 1.34. The Morgan fingerprint density at radius 2 is 1.62 bits per heavy atom. The van der Waals surface area contributed by atoms with Crippen molar-refractivity contribution < 1.29 is 9.59 Å². The van der Waals surface area contributed by atoms with Gasteiger partial charge in [0, 0.05) is 36.6 Å². The minimum atomic E-state index is -0.0725. The molecule has 1 saturated heterocycles. The summed E-state index contributed by atoms with van der Waals surface area (Å²) in [6.45, 7) is 5.76. The van der Waals surface area contributed by atoms with Crippen LogP contribution in [0.3, 0.4) is 0 Å². The number of aryl methyl sites for hydroxylation is 2. The van der Waals surface area contributed by atoms with E-state index in [1.165, 1.54) is 22.5 Å². The van der Waals surface area contributed by atoms with Crippen molar-refractivity contribution in [2.24, 2.45) is 5.92 Å². The van der Waals surface area contributed by atoms with E-state index in [-0.39, 0.29) is 17.7 Å². The lowest BCUT2D eigenvalue weighted by Gasteiger charge is -2.30. The summed E-state index contributed by atoms with van der Waals surface area (Å²) >= 11 is 1.42. The smallest absolute Gasteiger partial charge is 0.273 e. The van der Waals surface area contributed by atoms with Gasteiger partial charge in [-0.15, -0.1) is 11.3 Å². The molecule has 2 aromatic carbocycles. The van der Waals surface area contributed by atoms with Crippen LogP contribution in [0.5, 0.6) is 0 Å². The summed E-state index contributed by atoms with van der Waals surface area (Å²) in [5.41, 5.74) is 4.89. The van der Waals surface area contributed by atoms with E-state index in [0.717, 1.165) is 11.3 Å². The van der Waals surface area contributed by atoms with Gasteiger partial charge >= 0.3 is 0 Å². The predicted molar refractivity (Wildman–Crippen MR) is 128 cm³/mol. The van der Waals surface area contributed by atoms with Crippen LogP contribution in [-0.4, -0.2) is 34.8 Å². The number of thiazole rings is 1. The molecule has 0 aliphatic carbocycles. The summed E-state index contributed by atoms with van der Waals surface area (Å²) in [7, 11) is 0. The monoisotopic (exact) mass is 448 g/mol. The number of nitrogens with one attached hydrogen (secondary N) is 2. The summed E-state index contributed by atoms with van der Waals surface area (Å²) in [5.74, 6) is -0.0636. The summed E-state index contributed by atoms with van der Waals surface area (Å²) in [5, 5.41) is 8.77. The zero-order valence-corrected chi connectivity index (χ0v) is 19.2. The largest absolute Gasteiger partial charge is 0.352 e. The molecule has 1 aliphatic heterocycles. The van der Waals surface area contributed by atoms with Crippen molar-refractivity contribution >= 4 is 34.0 Å². The quantitative estimate of drug-likeness (QED) is 0.575. The Morgan fingerprint density at radius 3 is 2.28 bits per heavy atom. The maximum atomic E-state index is 12.9. The number of aromatic nitrogens is 1. The van der Waals surface area contributed by atoms with Crippen molar-refractivity contribution in [3.05, 3.63) is 76.3 Å². The Bertz CT molecular complexity index is 1070. The third-order valence-corrected chi connectivity index (χ3v) is 6.52. The molecular formula is C25H28N4O2S. The molecule has 0 saturated carbocycles. The molecule has 1 aromatic heterocycles. The van der Waals surface area contributed by atoms with E-state index in [4.69, 9.17) is 0 Å². The molecular weight excluding hydrogens is 420 g/mol. The fourth-order valence-corrected chi connectivity index (χ4v) is 4.44. The molecule has 0 unspecified atom stereocenters. The van der Waals surface area contributed by atoms with Crippen LogP contribution in [0.4, 0.5) is 10.8 Å². The van der Waals surface area contributed by atoms with Gasteiger partial charge in [0.15, 0.2) is 5.13 Å². The summed E-state index contributed by atoms with van der Waals surface area (Å²) in [6, 6.07) is 16.2. The molecule has 1 fully saturated rings. The van der Waals surface area contributed by atoms with E-state index in [1.54, 1.807) is 10.3 Å². The lowest BCUT2D eigenvalue weighted by molar-refractivity contribution is -0.126. The molecule has 0 spiro atoms. The zero-order valence-electron chi connectivity index (χ0n) is 18.4.